The van der Waals surface area contributed by atoms with E-state index in [1.165, 1.54) is 11.6 Å². The summed E-state index contributed by atoms with van der Waals surface area (Å²) >= 11 is 2.99. The van der Waals surface area contributed by atoms with Crippen LogP contribution in [0.2, 0.25) is 0 Å². The highest BCUT2D eigenvalue weighted by atomic mass is 79.9. The average Bonchev–Trinajstić information content (AvgIpc) is 2.59. The monoisotopic (exact) mass is 303 g/mol. The molecule has 0 unspecified atom stereocenters. The molecule has 0 aliphatic carbocycles. The number of aliphatic hydroxyl groups is 1. The number of nitrogens with zero attached hydrogens (tertiary/aromatic N) is 3. The highest BCUT2D eigenvalue weighted by Gasteiger charge is 2.19. The van der Waals surface area contributed by atoms with E-state index in [4.69, 9.17) is 5.11 Å². The first kappa shape index (κ1) is 12.1. The molecule has 0 radical (unpaired) electrons. The van der Waals surface area contributed by atoms with Crippen molar-refractivity contribution in [3.05, 3.63) is 34.1 Å². The molecule has 1 aromatic carbocycles. The summed E-state index contributed by atoms with van der Waals surface area (Å²) in [5, 5.41) is 16.2. The van der Waals surface area contributed by atoms with E-state index < -0.39 is 11.6 Å². The lowest BCUT2D eigenvalue weighted by Crippen LogP contribution is -2.02. The van der Waals surface area contributed by atoms with Gasteiger partial charge in [0.15, 0.2) is 11.6 Å². The van der Waals surface area contributed by atoms with Gasteiger partial charge in [-0.1, -0.05) is 15.9 Å². The summed E-state index contributed by atoms with van der Waals surface area (Å²) in [6.45, 7) is -0.344. The minimum absolute atomic E-state index is 0.0385. The molecule has 0 amide bonds. The Morgan fingerprint density at radius 2 is 1.88 bits per heavy atom. The van der Waals surface area contributed by atoms with Gasteiger partial charge in [-0.2, -0.15) is 0 Å². The summed E-state index contributed by atoms with van der Waals surface area (Å²) in [5.41, 5.74) is -0.261. The van der Waals surface area contributed by atoms with Gasteiger partial charge in [0.1, 0.15) is 18.2 Å². The Hall–Kier alpha value is -1.34. The van der Waals surface area contributed by atoms with Crippen molar-refractivity contribution in [3.8, 4) is 11.4 Å². The van der Waals surface area contributed by atoms with Gasteiger partial charge in [-0.15, -0.1) is 10.2 Å². The van der Waals surface area contributed by atoms with E-state index in [1.807, 2.05) is 0 Å². The molecule has 0 aliphatic heterocycles. The van der Waals surface area contributed by atoms with Gasteiger partial charge in [0.25, 0.3) is 0 Å². The molecule has 1 N–H and O–H groups in total. The van der Waals surface area contributed by atoms with E-state index in [0.29, 0.717) is 4.47 Å². The Bertz CT molecular complexity index is 548. The van der Waals surface area contributed by atoms with Crippen LogP contribution < -0.4 is 0 Å². The summed E-state index contributed by atoms with van der Waals surface area (Å²) in [6.07, 6.45) is 0. The fourth-order valence-electron chi connectivity index (χ4n) is 1.47. The molecule has 2 aromatic rings. The zero-order valence-electron chi connectivity index (χ0n) is 8.78. The fraction of sp³-hybridized carbons (Fsp3) is 0.200. The third-order valence-corrected chi connectivity index (χ3v) is 2.79. The van der Waals surface area contributed by atoms with Crippen molar-refractivity contribution in [3.63, 3.8) is 0 Å². The van der Waals surface area contributed by atoms with Crippen molar-refractivity contribution >= 4 is 15.9 Å². The Balaban J connectivity index is 2.64. The van der Waals surface area contributed by atoms with Crippen LogP contribution in [0.5, 0.6) is 0 Å². The smallest absolute Gasteiger partial charge is 0.169 e. The lowest BCUT2D eigenvalue weighted by Gasteiger charge is -2.05. The Labute approximate surface area is 104 Å². The van der Waals surface area contributed by atoms with Crippen LogP contribution in [0.3, 0.4) is 0 Å². The summed E-state index contributed by atoms with van der Waals surface area (Å²) in [5.74, 6) is -1.20. The second-order valence-corrected chi connectivity index (χ2v) is 4.32. The minimum atomic E-state index is -0.739. The van der Waals surface area contributed by atoms with Gasteiger partial charge >= 0.3 is 0 Å². The standard InChI is InChI=1S/C10H8BrF2N3O/c1-16-8(4-17)14-15-10(16)9-6(12)2-5(11)3-7(9)13/h2-3,17H,4H2,1H3. The maximum Gasteiger partial charge on any atom is 0.169 e. The second-order valence-electron chi connectivity index (χ2n) is 3.40. The van der Waals surface area contributed by atoms with E-state index in [1.54, 1.807) is 0 Å². The van der Waals surface area contributed by atoms with E-state index >= 15 is 0 Å². The van der Waals surface area contributed by atoms with Crippen LogP contribution in [0.25, 0.3) is 11.4 Å². The van der Waals surface area contributed by atoms with E-state index in [9.17, 15) is 8.78 Å². The van der Waals surface area contributed by atoms with Crippen LogP contribution in [0, 0.1) is 11.6 Å². The normalized spacial score (nSPS) is 10.9. The van der Waals surface area contributed by atoms with Crippen molar-refractivity contribution in [2.75, 3.05) is 0 Å². The lowest BCUT2D eigenvalue weighted by molar-refractivity contribution is 0.267. The highest BCUT2D eigenvalue weighted by molar-refractivity contribution is 9.10. The predicted molar refractivity (Wildman–Crippen MR) is 60.0 cm³/mol. The summed E-state index contributed by atoms with van der Waals surface area (Å²) in [6, 6.07) is 2.29. The van der Waals surface area contributed by atoms with E-state index in [2.05, 4.69) is 26.1 Å². The molecule has 2 rings (SSSR count). The number of benzene rings is 1. The van der Waals surface area contributed by atoms with E-state index in [-0.39, 0.29) is 23.8 Å². The first-order valence-electron chi connectivity index (χ1n) is 4.68. The number of aliphatic hydroxyl groups excluding tert-OH is 1. The first-order valence-corrected chi connectivity index (χ1v) is 5.48. The van der Waals surface area contributed by atoms with Crippen LogP contribution in [-0.2, 0) is 13.7 Å². The van der Waals surface area contributed by atoms with Crippen LogP contribution in [-0.4, -0.2) is 19.9 Å². The van der Waals surface area contributed by atoms with E-state index in [0.717, 1.165) is 12.1 Å². The first-order chi connectivity index (χ1) is 8.04. The number of aromatic nitrogens is 3. The number of hydrogen-bond donors (Lipinski definition) is 1. The molecule has 0 aliphatic rings. The molecular formula is C10H8BrF2N3O. The van der Waals surface area contributed by atoms with Crippen LogP contribution >= 0.6 is 15.9 Å². The molecule has 0 fully saturated rings. The third-order valence-electron chi connectivity index (χ3n) is 2.34. The van der Waals surface area contributed by atoms with Crippen LogP contribution in [0.15, 0.2) is 16.6 Å². The van der Waals surface area contributed by atoms with Crippen molar-refractivity contribution in [2.45, 2.75) is 6.61 Å². The fourth-order valence-corrected chi connectivity index (χ4v) is 1.87. The molecule has 0 saturated heterocycles. The molecule has 4 nitrogen and oxygen atoms in total. The van der Waals surface area contributed by atoms with Gasteiger partial charge in [0.2, 0.25) is 0 Å². The molecular weight excluding hydrogens is 296 g/mol. The van der Waals surface area contributed by atoms with Gasteiger partial charge in [0.05, 0.1) is 5.56 Å². The summed E-state index contributed by atoms with van der Waals surface area (Å²) < 4.78 is 29.0. The minimum Gasteiger partial charge on any atom is -0.388 e. The molecule has 1 heterocycles. The molecule has 17 heavy (non-hydrogen) atoms. The number of rotatable bonds is 2. The molecule has 0 atom stereocenters. The highest BCUT2D eigenvalue weighted by Crippen LogP contribution is 2.27. The molecule has 0 spiro atoms. The maximum absolute atomic E-state index is 13.7. The van der Waals surface area contributed by atoms with Gasteiger partial charge in [-0.25, -0.2) is 8.78 Å². The average molecular weight is 304 g/mol. The zero-order chi connectivity index (χ0) is 12.6. The van der Waals surface area contributed by atoms with Gasteiger partial charge in [-0.3, -0.25) is 0 Å². The largest absolute Gasteiger partial charge is 0.388 e. The topological polar surface area (TPSA) is 50.9 Å². The molecule has 90 valence electrons. The molecule has 7 heteroatoms. The Morgan fingerprint density at radius 1 is 1.29 bits per heavy atom. The SMILES string of the molecule is Cn1c(CO)nnc1-c1c(F)cc(Br)cc1F. The summed E-state index contributed by atoms with van der Waals surface area (Å²) in [4.78, 5) is 0. The lowest BCUT2D eigenvalue weighted by atomic mass is 10.2. The molecule has 0 bridgehead atoms. The number of halogens is 3. The zero-order valence-corrected chi connectivity index (χ0v) is 10.4. The maximum atomic E-state index is 13.7. The van der Waals surface area contributed by atoms with Crippen molar-refractivity contribution in [1.82, 2.24) is 14.8 Å². The van der Waals surface area contributed by atoms with Crippen molar-refractivity contribution in [1.29, 1.82) is 0 Å². The Morgan fingerprint density at radius 3 is 2.35 bits per heavy atom. The quantitative estimate of drug-likeness (QED) is 0.923. The van der Waals surface area contributed by atoms with Crippen LogP contribution in [0.4, 0.5) is 8.78 Å². The van der Waals surface area contributed by atoms with Crippen LogP contribution in [0.1, 0.15) is 5.82 Å². The van der Waals surface area contributed by atoms with Gasteiger partial charge in [-0.05, 0) is 12.1 Å². The molecule has 1 aromatic heterocycles. The second kappa shape index (κ2) is 4.50. The van der Waals surface area contributed by atoms with Crippen molar-refractivity contribution < 1.29 is 13.9 Å². The third kappa shape index (κ3) is 2.07. The Kier molecular flexibility index (Phi) is 3.21. The number of hydrogen-bond acceptors (Lipinski definition) is 3. The van der Waals surface area contributed by atoms with Gasteiger partial charge < -0.3 is 9.67 Å². The van der Waals surface area contributed by atoms with Gasteiger partial charge in [0, 0.05) is 11.5 Å². The predicted octanol–water partition coefficient (Wildman–Crippen LogP) is 2.02. The summed E-state index contributed by atoms with van der Waals surface area (Å²) in [7, 11) is 1.53. The molecule has 0 saturated carbocycles. The van der Waals surface area contributed by atoms with Crippen molar-refractivity contribution in [2.24, 2.45) is 7.05 Å².